The van der Waals surface area contributed by atoms with Gasteiger partial charge in [0.25, 0.3) is 0 Å². The first kappa shape index (κ1) is 19.0. The van der Waals surface area contributed by atoms with Crippen LogP contribution in [-0.4, -0.2) is 37.9 Å². The van der Waals surface area contributed by atoms with E-state index in [2.05, 4.69) is 0 Å². The van der Waals surface area contributed by atoms with Gasteiger partial charge in [-0.25, -0.2) is 28.3 Å². The van der Waals surface area contributed by atoms with Crippen LogP contribution in [0.2, 0.25) is 0 Å². The summed E-state index contributed by atoms with van der Waals surface area (Å²) in [6.07, 6.45) is 3.28. The van der Waals surface area contributed by atoms with Gasteiger partial charge in [0.05, 0.1) is 13.2 Å². The maximum Gasteiger partial charge on any atom is 0.348 e. The molecular weight excluding hydrogens is 370 g/mol. The Morgan fingerprint density at radius 3 is 2.37 bits per heavy atom. The Morgan fingerprint density at radius 1 is 1.07 bits per heavy atom. The van der Waals surface area contributed by atoms with Crippen LogP contribution in [0.3, 0.4) is 0 Å². The zero-order chi connectivity index (χ0) is 19.6. The largest absolute Gasteiger partial charge is 0.467 e. The van der Waals surface area contributed by atoms with Crippen molar-refractivity contribution in [3.8, 4) is 0 Å². The predicted molar refractivity (Wildman–Crippen MR) is 101 cm³/mol. The van der Waals surface area contributed by atoms with Crippen LogP contribution in [0.15, 0.2) is 52.1 Å². The summed E-state index contributed by atoms with van der Waals surface area (Å²) in [6.45, 7) is 1.50. The molecule has 1 aromatic carbocycles. The Balaban J connectivity index is 2.12. The Hall–Kier alpha value is -2.81. The third-order valence-electron chi connectivity index (χ3n) is 4.29. The van der Waals surface area contributed by atoms with E-state index in [9.17, 15) is 19.2 Å². The van der Waals surface area contributed by atoms with Crippen molar-refractivity contribution < 1.29 is 14.3 Å². The van der Waals surface area contributed by atoms with Gasteiger partial charge in [0.15, 0.2) is 11.2 Å². The highest BCUT2D eigenvalue weighted by molar-refractivity contribution is 8.13. The zero-order valence-corrected chi connectivity index (χ0v) is 15.7. The maximum atomic E-state index is 13.0. The molecule has 1 aromatic heterocycles. The average Bonchev–Trinajstić information content (AvgIpc) is 2.92. The van der Waals surface area contributed by atoms with Crippen LogP contribution in [0.1, 0.15) is 24.6 Å². The fraction of sp³-hybridized carbons (Fsp3) is 0.333. The Bertz CT molecular complexity index is 1000. The maximum absolute atomic E-state index is 13.0. The Labute approximate surface area is 159 Å². The van der Waals surface area contributed by atoms with Crippen molar-refractivity contribution in [1.29, 1.82) is 0 Å². The highest BCUT2D eigenvalue weighted by Crippen LogP contribution is 2.25. The van der Waals surface area contributed by atoms with E-state index in [1.807, 2.05) is 30.3 Å². The van der Waals surface area contributed by atoms with Gasteiger partial charge in [-0.3, -0.25) is 4.79 Å². The number of allylic oxidation sites excluding steroid dienone is 1. The highest BCUT2D eigenvalue weighted by Gasteiger charge is 2.33. The van der Waals surface area contributed by atoms with E-state index in [1.54, 1.807) is 12.2 Å². The third-order valence-corrected chi connectivity index (χ3v) is 5.09. The lowest BCUT2D eigenvalue weighted by Gasteiger charge is -2.25. The number of benzene rings is 1. The first-order chi connectivity index (χ1) is 13.0. The van der Waals surface area contributed by atoms with Gasteiger partial charge in [-0.1, -0.05) is 54.2 Å². The summed E-state index contributed by atoms with van der Waals surface area (Å²) in [5, 5.41) is -0.0941. The van der Waals surface area contributed by atoms with Crippen LogP contribution < -0.4 is 11.4 Å². The summed E-state index contributed by atoms with van der Waals surface area (Å²) in [4.78, 5) is 49.1. The lowest BCUT2D eigenvalue weighted by atomic mass is 10.0. The van der Waals surface area contributed by atoms with Crippen LogP contribution >= 0.6 is 11.8 Å². The number of aromatic nitrogens is 3. The van der Waals surface area contributed by atoms with Crippen molar-refractivity contribution in [2.45, 2.75) is 25.6 Å². The van der Waals surface area contributed by atoms with Crippen molar-refractivity contribution in [3.63, 3.8) is 0 Å². The first-order valence-electron chi connectivity index (χ1n) is 8.34. The molecule has 2 atom stereocenters. The van der Waals surface area contributed by atoms with Crippen molar-refractivity contribution in [1.82, 2.24) is 13.9 Å². The van der Waals surface area contributed by atoms with E-state index in [-0.39, 0.29) is 11.7 Å². The molecule has 9 heteroatoms. The molecular formula is C18H19N3O5S. The van der Waals surface area contributed by atoms with Crippen molar-refractivity contribution in [2.24, 2.45) is 0 Å². The van der Waals surface area contributed by atoms with Crippen molar-refractivity contribution >= 4 is 22.8 Å². The molecule has 8 nitrogen and oxygen atoms in total. The van der Waals surface area contributed by atoms with E-state index >= 15 is 0 Å². The van der Waals surface area contributed by atoms with Crippen molar-refractivity contribution in [3.05, 3.63) is 69.0 Å². The van der Waals surface area contributed by atoms with Gasteiger partial charge in [0, 0.05) is 19.2 Å². The summed E-state index contributed by atoms with van der Waals surface area (Å²) in [5.74, 6) is -0.343. The number of hydrogen-bond acceptors (Lipinski definition) is 6. The second kappa shape index (κ2) is 7.83. The number of methoxy groups -OCH3 is 1. The molecule has 0 N–H and O–H groups in total. The van der Waals surface area contributed by atoms with E-state index in [0.29, 0.717) is 5.75 Å². The van der Waals surface area contributed by atoms with Crippen LogP contribution in [0.25, 0.3) is 0 Å². The lowest BCUT2D eigenvalue weighted by Crippen LogP contribution is -2.38. The van der Waals surface area contributed by atoms with E-state index in [4.69, 9.17) is 4.74 Å². The molecule has 2 aromatic rings. The Kier molecular flexibility index (Phi) is 5.50. The van der Waals surface area contributed by atoms with E-state index in [1.165, 1.54) is 18.7 Å². The molecule has 0 bridgehead atoms. The molecule has 0 saturated carbocycles. The Morgan fingerprint density at radius 2 is 1.74 bits per heavy atom. The van der Waals surface area contributed by atoms with Gasteiger partial charge in [-0.05, 0) is 5.56 Å². The number of thioether (sulfide) groups is 1. The number of hydrogen-bond donors (Lipinski definition) is 0. The second-order valence-electron chi connectivity index (χ2n) is 5.95. The smallest absolute Gasteiger partial charge is 0.348 e. The van der Waals surface area contributed by atoms with Gasteiger partial charge in [-0.15, -0.1) is 0 Å². The summed E-state index contributed by atoms with van der Waals surface area (Å²) < 4.78 is 8.24. The van der Waals surface area contributed by atoms with E-state index in [0.717, 1.165) is 26.6 Å². The topological polar surface area (TPSA) is 92.3 Å². The SMILES string of the molecule is COC(=O)[C@H]1C=C[C@@H](c2ccccc2)n2c(=O)n(CCSC(C)=O)c(=O)n21. The fourth-order valence-corrected chi connectivity index (χ4v) is 3.63. The quantitative estimate of drug-likeness (QED) is 0.559. The monoisotopic (exact) mass is 389 g/mol. The molecule has 1 aliphatic rings. The van der Waals surface area contributed by atoms with Gasteiger partial charge in [0.1, 0.15) is 0 Å². The molecule has 142 valence electrons. The average molecular weight is 389 g/mol. The number of nitrogens with zero attached hydrogens (tertiary/aromatic N) is 3. The molecule has 0 spiro atoms. The highest BCUT2D eigenvalue weighted by atomic mass is 32.2. The summed E-state index contributed by atoms with van der Waals surface area (Å²) in [6, 6.07) is 7.68. The number of ether oxygens (including phenoxy) is 1. The summed E-state index contributed by atoms with van der Waals surface area (Å²) in [5.41, 5.74) is -0.329. The minimum atomic E-state index is -1.02. The second-order valence-corrected chi connectivity index (χ2v) is 7.23. The molecule has 1 aliphatic heterocycles. The first-order valence-corrected chi connectivity index (χ1v) is 9.32. The molecule has 0 radical (unpaired) electrons. The van der Waals surface area contributed by atoms with Crippen LogP contribution in [0, 0.1) is 0 Å². The molecule has 0 fully saturated rings. The molecule has 27 heavy (non-hydrogen) atoms. The molecule has 2 heterocycles. The number of carbonyl (C=O) groups is 2. The lowest BCUT2D eigenvalue weighted by molar-refractivity contribution is -0.143. The van der Waals surface area contributed by atoms with Gasteiger partial charge >= 0.3 is 17.3 Å². The van der Waals surface area contributed by atoms with Crippen LogP contribution in [-0.2, 0) is 20.9 Å². The van der Waals surface area contributed by atoms with Crippen LogP contribution in [0.4, 0.5) is 0 Å². The molecule has 0 amide bonds. The molecule has 0 aliphatic carbocycles. The number of esters is 1. The van der Waals surface area contributed by atoms with Gasteiger partial charge in [-0.2, -0.15) is 0 Å². The minimum absolute atomic E-state index is 0.0737. The number of carbonyl (C=O) groups excluding carboxylic acids is 2. The summed E-state index contributed by atoms with van der Waals surface area (Å²) >= 11 is 1.03. The van der Waals surface area contributed by atoms with Crippen LogP contribution in [0.5, 0.6) is 0 Å². The standard InChI is InChI=1S/C18H19N3O5S/c1-12(22)27-11-10-19-17(24)20-14(13-6-4-3-5-7-13)8-9-15(16(23)26-2)21(20)18(19)25/h3-9,14-15H,10-11H2,1-2H3/t14-,15+/m0/s1. The molecule has 0 unspecified atom stereocenters. The van der Waals surface area contributed by atoms with E-state index < -0.39 is 29.4 Å². The minimum Gasteiger partial charge on any atom is -0.467 e. The molecule has 3 rings (SSSR count). The van der Waals surface area contributed by atoms with Gasteiger partial charge < -0.3 is 4.74 Å². The normalized spacial score (nSPS) is 18.1. The summed E-state index contributed by atoms with van der Waals surface area (Å²) in [7, 11) is 1.23. The number of rotatable bonds is 5. The molecule has 0 saturated heterocycles. The third kappa shape index (κ3) is 3.55. The number of fused-ring (bicyclic) bond motifs is 1. The zero-order valence-electron chi connectivity index (χ0n) is 14.9. The van der Waals surface area contributed by atoms with Gasteiger partial charge in [0.2, 0.25) is 0 Å². The fourth-order valence-electron chi connectivity index (χ4n) is 3.07. The predicted octanol–water partition coefficient (Wildman–Crippen LogP) is 0.964. The van der Waals surface area contributed by atoms with Crippen molar-refractivity contribution in [2.75, 3.05) is 12.9 Å².